The number of rotatable bonds is 2. The maximum absolute atomic E-state index is 5.63. The minimum Gasteiger partial charge on any atom is -0.375 e. The second-order valence-corrected chi connectivity index (χ2v) is 4.27. The van der Waals surface area contributed by atoms with E-state index in [-0.39, 0.29) is 0 Å². The zero-order valence-electron chi connectivity index (χ0n) is 7.13. The van der Waals surface area contributed by atoms with E-state index in [1.165, 1.54) is 17.0 Å². The Labute approximate surface area is 76.0 Å². The van der Waals surface area contributed by atoms with Crippen LogP contribution in [0.3, 0.4) is 0 Å². The third-order valence-corrected chi connectivity index (χ3v) is 3.26. The molecule has 1 aliphatic rings. The van der Waals surface area contributed by atoms with Gasteiger partial charge in [-0.3, -0.25) is 0 Å². The lowest BCUT2D eigenvalue weighted by atomic mass is 10.1. The summed E-state index contributed by atoms with van der Waals surface area (Å²) < 4.78 is 0. The Hall–Kier alpha value is -0.610. The number of hydrogen-bond donors (Lipinski definition) is 2. The van der Waals surface area contributed by atoms with E-state index in [0.717, 1.165) is 18.1 Å². The first-order chi connectivity index (χ1) is 5.81. The van der Waals surface area contributed by atoms with Gasteiger partial charge >= 0.3 is 0 Å². The first-order valence-corrected chi connectivity index (χ1v) is 5.02. The molecule has 4 heteroatoms. The SMILES string of the molecule is CNCC1CCc2sc(N)nc21. The Kier molecular flexibility index (Phi) is 2.02. The molecule has 0 bridgehead atoms. The molecule has 12 heavy (non-hydrogen) atoms. The Morgan fingerprint density at radius 1 is 1.75 bits per heavy atom. The molecule has 0 radical (unpaired) electrons. The van der Waals surface area contributed by atoms with Crippen LogP contribution in [-0.4, -0.2) is 18.6 Å². The third kappa shape index (κ3) is 1.21. The van der Waals surface area contributed by atoms with Crippen LogP contribution in [0.1, 0.15) is 22.9 Å². The topological polar surface area (TPSA) is 50.9 Å². The lowest BCUT2D eigenvalue weighted by molar-refractivity contribution is 0.613. The quantitative estimate of drug-likeness (QED) is 0.718. The van der Waals surface area contributed by atoms with Gasteiger partial charge in [0.2, 0.25) is 0 Å². The molecule has 1 heterocycles. The average Bonchev–Trinajstić information content (AvgIpc) is 2.52. The second-order valence-electron chi connectivity index (χ2n) is 3.15. The Balaban J connectivity index is 2.22. The Morgan fingerprint density at radius 2 is 2.58 bits per heavy atom. The van der Waals surface area contributed by atoms with Crippen LogP contribution in [0.25, 0.3) is 0 Å². The van der Waals surface area contributed by atoms with Gasteiger partial charge in [-0.1, -0.05) is 0 Å². The normalized spacial score (nSPS) is 21.2. The molecular weight excluding hydrogens is 170 g/mol. The highest BCUT2D eigenvalue weighted by Gasteiger charge is 2.25. The first kappa shape index (κ1) is 8.01. The van der Waals surface area contributed by atoms with Gasteiger partial charge in [-0.15, -0.1) is 11.3 Å². The van der Waals surface area contributed by atoms with E-state index < -0.39 is 0 Å². The van der Waals surface area contributed by atoms with Crippen molar-refractivity contribution >= 4 is 16.5 Å². The van der Waals surface area contributed by atoms with Crippen LogP contribution in [0.15, 0.2) is 0 Å². The van der Waals surface area contributed by atoms with E-state index in [1.54, 1.807) is 11.3 Å². The zero-order chi connectivity index (χ0) is 8.55. The molecular formula is C8H13N3S. The highest BCUT2D eigenvalue weighted by atomic mass is 32.1. The van der Waals surface area contributed by atoms with Crippen molar-refractivity contribution in [3.8, 4) is 0 Å². The summed E-state index contributed by atoms with van der Waals surface area (Å²) >= 11 is 1.65. The summed E-state index contributed by atoms with van der Waals surface area (Å²) in [6.07, 6.45) is 2.39. The summed E-state index contributed by atoms with van der Waals surface area (Å²) in [4.78, 5) is 5.74. The van der Waals surface area contributed by atoms with Crippen LogP contribution < -0.4 is 11.1 Å². The fraction of sp³-hybridized carbons (Fsp3) is 0.625. The molecule has 1 aromatic heterocycles. The van der Waals surface area contributed by atoms with Gasteiger partial charge in [-0.05, 0) is 19.9 Å². The largest absolute Gasteiger partial charge is 0.375 e. The molecule has 1 aromatic rings. The van der Waals surface area contributed by atoms with E-state index in [0.29, 0.717) is 5.92 Å². The molecule has 0 spiro atoms. The van der Waals surface area contributed by atoms with Crippen LogP contribution >= 0.6 is 11.3 Å². The minimum atomic E-state index is 0.596. The number of nitrogens with zero attached hydrogens (tertiary/aromatic N) is 1. The number of nitrogen functional groups attached to an aromatic ring is 1. The summed E-state index contributed by atoms with van der Waals surface area (Å²) in [6.45, 7) is 1.02. The fourth-order valence-corrected chi connectivity index (χ4v) is 2.70. The zero-order valence-corrected chi connectivity index (χ0v) is 7.95. The standard InChI is InChI=1S/C8H13N3S/c1-10-4-5-2-3-6-7(5)11-8(9)12-6/h5,10H,2-4H2,1H3,(H2,9,11). The van der Waals surface area contributed by atoms with Crippen LogP contribution in [-0.2, 0) is 6.42 Å². The van der Waals surface area contributed by atoms with Crippen molar-refractivity contribution in [3.05, 3.63) is 10.6 Å². The number of fused-ring (bicyclic) bond motifs is 1. The number of likely N-dealkylation sites (N-methyl/N-ethyl adjacent to an activating group) is 1. The van der Waals surface area contributed by atoms with Gasteiger partial charge < -0.3 is 11.1 Å². The van der Waals surface area contributed by atoms with Crippen LogP contribution in [0.5, 0.6) is 0 Å². The third-order valence-electron chi connectivity index (χ3n) is 2.30. The molecule has 1 aliphatic carbocycles. The maximum Gasteiger partial charge on any atom is 0.180 e. The summed E-state index contributed by atoms with van der Waals surface area (Å²) in [7, 11) is 1.98. The summed E-state index contributed by atoms with van der Waals surface area (Å²) in [5, 5.41) is 3.91. The van der Waals surface area contributed by atoms with Gasteiger partial charge in [0.05, 0.1) is 5.69 Å². The second kappa shape index (κ2) is 3.03. The van der Waals surface area contributed by atoms with Gasteiger partial charge in [-0.2, -0.15) is 0 Å². The molecule has 0 amide bonds. The highest BCUT2D eigenvalue weighted by Crippen LogP contribution is 2.36. The molecule has 0 aromatic carbocycles. The summed E-state index contributed by atoms with van der Waals surface area (Å²) in [5.74, 6) is 0.596. The molecule has 66 valence electrons. The van der Waals surface area contributed by atoms with Crippen molar-refractivity contribution in [2.24, 2.45) is 0 Å². The molecule has 1 atom stereocenters. The van der Waals surface area contributed by atoms with Gasteiger partial charge in [0.25, 0.3) is 0 Å². The van der Waals surface area contributed by atoms with Crippen molar-refractivity contribution in [1.29, 1.82) is 0 Å². The van der Waals surface area contributed by atoms with Gasteiger partial charge in [0.1, 0.15) is 0 Å². The Morgan fingerprint density at radius 3 is 3.33 bits per heavy atom. The van der Waals surface area contributed by atoms with E-state index in [2.05, 4.69) is 10.3 Å². The number of anilines is 1. The highest BCUT2D eigenvalue weighted by molar-refractivity contribution is 7.15. The molecule has 3 N–H and O–H groups in total. The molecule has 0 saturated carbocycles. The summed E-state index contributed by atoms with van der Waals surface area (Å²) in [6, 6.07) is 0. The number of aryl methyl sites for hydroxylation is 1. The number of nitrogens with one attached hydrogen (secondary N) is 1. The Bertz CT molecular complexity index is 282. The van der Waals surface area contributed by atoms with Crippen molar-refractivity contribution in [1.82, 2.24) is 10.3 Å². The average molecular weight is 183 g/mol. The lowest BCUT2D eigenvalue weighted by Gasteiger charge is -2.06. The van der Waals surface area contributed by atoms with Crippen molar-refractivity contribution < 1.29 is 0 Å². The number of hydrogen-bond acceptors (Lipinski definition) is 4. The lowest BCUT2D eigenvalue weighted by Crippen LogP contribution is -2.15. The minimum absolute atomic E-state index is 0.596. The predicted octanol–water partition coefficient (Wildman–Crippen LogP) is 0.974. The predicted molar refractivity (Wildman–Crippen MR) is 51.5 cm³/mol. The van der Waals surface area contributed by atoms with Crippen LogP contribution in [0.4, 0.5) is 5.13 Å². The van der Waals surface area contributed by atoms with Gasteiger partial charge in [0, 0.05) is 17.3 Å². The molecule has 2 rings (SSSR count). The monoisotopic (exact) mass is 183 g/mol. The molecule has 1 unspecified atom stereocenters. The van der Waals surface area contributed by atoms with Crippen LogP contribution in [0.2, 0.25) is 0 Å². The first-order valence-electron chi connectivity index (χ1n) is 4.21. The van der Waals surface area contributed by atoms with Gasteiger partial charge in [-0.25, -0.2) is 4.98 Å². The summed E-state index contributed by atoms with van der Waals surface area (Å²) in [5.41, 5.74) is 6.88. The molecule has 3 nitrogen and oxygen atoms in total. The molecule has 0 fully saturated rings. The molecule has 0 aliphatic heterocycles. The van der Waals surface area contributed by atoms with Crippen molar-refractivity contribution in [2.75, 3.05) is 19.3 Å². The van der Waals surface area contributed by atoms with E-state index in [9.17, 15) is 0 Å². The maximum atomic E-state index is 5.63. The van der Waals surface area contributed by atoms with E-state index >= 15 is 0 Å². The number of aromatic nitrogens is 1. The number of nitrogens with two attached hydrogens (primary N) is 1. The van der Waals surface area contributed by atoms with Crippen molar-refractivity contribution in [3.63, 3.8) is 0 Å². The van der Waals surface area contributed by atoms with Crippen molar-refractivity contribution in [2.45, 2.75) is 18.8 Å². The van der Waals surface area contributed by atoms with E-state index in [4.69, 9.17) is 5.73 Å². The molecule has 0 saturated heterocycles. The number of thiazole rings is 1. The smallest absolute Gasteiger partial charge is 0.180 e. The van der Waals surface area contributed by atoms with E-state index in [1.807, 2.05) is 7.05 Å². The van der Waals surface area contributed by atoms with Crippen LogP contribution in [0, 0.1) is 0 Å². The fourth-order valence-electron chi connectivity index (χ4n) is 1.77. The van der Waals surface area contributed by atoms with Gasteiger partial charge in [0.15, 0.2) is 5.13 Å².